The van der Waals surface area contributed by atoms with Gasteiger partial charge in [-0.25, -0.2) is 18.7 Å². The Bertz CT molecular complexity index is 1640. The van der Waals surface area contributed by atoms with Crippen LogP contribution in [-0.4, -0.2) is 68.9 Å². The van der Waals surface area contributed by atoms with Crippen molar-refractivity contribution in [3.05, 3.63) is 59.4 Å². The molecule has 228 valence electrons. The van der Waals surface area contributed by atoms with E-state index in [1.165, 1.54) is 0 Å². The Morgan fingerprint density at radius 2 is 1.65 bits per heavy atom. The summed E-state index contributed by atoms with van der Waals surface area (Å²) in [5.41, 5.74) is 8.77. The lowest BCUT2D eigenvalue weighted by Crippen LogP contribution is -2.49. The second-order valence-electron chi connectivity index (χ2n) is 10.5. The number of halogens is 4. The molecule has 1 fully saturated rings. The summed E-state index contributed by atoms with van der Waals surface area (Å²) in [6.07, 6.45) is 2.06. The first-order valence-corrected chi connectivity index (χ1v) is 14.2. The highest BCUT2D eigenvalue weighted by atomic mass is 19.2. The Morgan fingerprint density at radius 1 is 0.953 bits per heavy atom. The molecule has 2 aromatic carbocycles. The maximum atomic E-state index is 13.8. The molecule has 5 rings (SSSR count). The third-order valence-electron chi connectivity index (χ3n) is 7.64. The molecule has 2 N–H and O–H groups in total. The topological polar surface area (TPSA) is 107 Å². The standard InChI is InChI=1S/C30H32F4N6O3/c1-2-3-8-22-37-27-28(18-6-4-5-7-21(18)36-30(27)35)40(22)16-13-38-11-14-39(15-12-38)23(41)9-10-24(42)43-29-25(33)19(31)17-20(32)26(29)34/h4-7,17H,2-3,8-16H2,1H3,(H2,35,36). The molecule has 43 heavy (non-hydrogen) atoms. The number of unbranched alkanes of at least 4 members (excludes halogenated alkanes) is 1. The minimum absolute atomic E-state index is 0.0174. The fourth-order valence-corrected chi connectivity index (χ4v) is 5.31. The minimum Gasteiger partial charge on any atom is -0.420 e. The number of rotatable bonds is 10. The van der Waals surface area contributed by atoms with Gasteiger partial charge in [0.2, 0.25) is 23.3 Å². The van der Waals surface area contributed by atoms with E-state index < -0.39 is 41.4 Å². The predicted molar refractivity (Wildman–Crippen MR) is 152 cm³/mol. The van der Waals surface area contributed by atoms with Crippen LogP contribution in [0.2, 0.25) is 0 Å². The smallest absolute Gasteiger partial charge is 0.311 e. The van der Waals surface area contributed by atoms with E-state index in [0.717, 1.165) is 48.1 Å². The molecule has 13 heteroatoms. The van der Waals surface area contributed by atoms with Crippen LogP contribution in [0, 0.1) is 23.3 Å². The number of nitrogens with zero attached hydrogens (tertiary/aromatic N) is 5. The molecule has 0 bridgehead atoms. The number of pyridine rings is 1. The Labute approximate surface area is 245 Å². The molecule has 0 aliphatic carbocycles. The van der Waals surface area contributed by atoms with Crippen molar-refractivity contribution >= 4 is 39.6 Å². The summed E-state index contributed by atoms with van der Waals surface area (Å²) in [6, 6.07) is 7.87. The van der Waals surface area contributed by atoms with E-state index in [9.17, 15) is 27.2 Å². The van der Waals surface area contributed by atoms with Gasteiger partial charge in [0.1, 0.15) is 11.3 Å². The van der Waals surface area contributed by atoms with Gasteiger partial charge in [0.05, 0.1) is 17.5 Å². The highest BCUT2D eigenvalue weighted by Gasteiger charge is 2.26. The van der Waals surface area contributed by atoms with Crippen LogP contribution >= 0.6 is 0 Å². The van der Waals surface area contributed by atoms with Crippen LogP contribution in [0.3, 0.4) is 0 Å². The molecule has 1 saturated heterocycles. The lowest BCUT2D eigenvalue weighted by Gasteiger charge is -2.35. The molecule has 4 aromatic rings. The first kappa shape index (κ1) is 30.2. The van der Waals surface area contributed by atoms with E-state index >= 15 is 0 Å². The molecular weight excluding hydrogens is 568 g/mol. The quantitative estimate of drug-likeness (QED) is 0.123. The number of hydrogen-bond donors (Lipinski definition) is 1. The molecule has 0 spiro atoms. The molecular formula is C30H32F4N6O3. The van der Waals surface area contributed by atoms with E-state index in [0.29, 0.717) is 44.1 Å². The molecule has 1 aliphatic heterocycles. The zero-order chi connectivity index (χ0) is 30.7. The molecule has 3 heterocycles. The van der Waals surface area contributed by atoms with Crippen molar-refractivity contribution in [1.29, 1.82) is 0 Å². The molecule has 1 amide bonds. The van der Waals surface area contributed by atoms with Crippen LogP contribution in [0.5, 0.6) is 5.75 Å². The van der Waals surface area contributed by atoms with Gasteiger partial charge < -0.3 is 19.9 Å². The Hall–Kier alpha value is -4.26. The molecule has 1 aliphatic rings. The van der Waals surface area contributed by atoms with E-state index in [-0.39, 0.29) is 18.4 Å². The highest BCUT2D eigenvalue weighted by Crippen LogP contribution is 2.30. The van der Waals surface area contributed by atoms with Gasteiger partial charge in [-0.05, 0) is 12.5 Å². The number of benzene rings is 2. The molecule has 0 unspecified atom stereocenters. The first-order valence-electron chi connectivity index (χ1n) is 14.2. The van der Waals surface area contributed by atoms with Crippen LogP contribution in [-0.2, 0) is 22.6 Å². The van der Waals surface area contributed by atoms with Crippen LogP contribution in [0.15, 0.2) is 30.3 Å². The van der Waals surface area contributed by atoms with E-state index in [1.54, 1.807) is 4.90 Å². The molecule has 0 atom stereocenters. The van der Waals surface area contributed by atoms with Gasteiger partial charge in [-0.2, -0.15) is 8.78 Å². The van der Waals surface area contributed by atoms with Gasteiger partial charge in [-0.1, -0.05) is 31.5 Å². The van der Waals surface area contributed by atoms with E-state index in [4.69, 9.17) is 10.7 Å². The molecule has 0 radical (unpaired) electrons. The Balaban J connectivity index is 1.18. The summed E-state index contributed by atoms with van der Waals surface area (Å²) < 4.78 is 61.0. The number of nitrogen functional groups attached to an aromatic ring is 1. The maximum absolute atomic E-state index is 13.8. The number of aryl methyl sites for hydroxylation is 1. The number of amides is 1. The van der Waals surface area contributed by atoms with Gasteiger partial charge in [0.15, 0.2) is 17.5 Å². The third kappa shape index (κ3) is 6.41. The van der Waals surface area contributed by atoms with Crippen molar-refractivity contribution in [2.24, 2.45) is 0 Å². The fraction of sp³-hybridized carbons (Fsp3) is 0.400. The summed E-state index contributed by atoms with van der Waals surface area (Å²) in [5, 5.41) is 0.990. The number of aromatic nitrogens is 3. The fourth-order valence-electron chi connectivity index (χ4n) is 5.31. The van der Waals surface area contributed by atoms with Gasteiger partial charge in [0, 0.05) is 63.6 Å². The lowest BCUT2D eigenvalue weighted by molar-refractivity contribution is -0.140. The summed E-state index contributed by atoms with van der Waals surface area (Å²) in [5.74, 6) is -8.62. The second kappa shape index (κ2) is 12.9. The average molecular weight is 601 g/mol. The number of anilines is 1. The maximum Gasteiger partial charge on any atom is 0.311 e. The lowest BCUT2D eigenvalue weighted by atomic mass is 10.2. The van der Waals surface area contributed by atoms with Crippen molar-refractivity contribution in [2.75, 3.05) is 38.5 Å². The third-order valence-corrected chi connectivity index (χ3v) is 7.64. The number of ether oxygens (including phenoxy) is 1. The summed E-state index contributed by atoms with van der Waals surface area (Å²) >= 11 is 0. The van der Waals surface area contributed by atoms with Crippen LogP contribution < -0.4 is 10.5 Å². The number of para-hydroxylation sites is 1. The summed E-state index contributed by atoms with van der Waals surface area (Å²) in [4.78, 5) is 38.0. The van der Waals surface area contributed by atoms with Crippen LogP contribution in [0.1, 0.15) is 38.4 Å². The average Bonchev–Trinajstić information content (AvgIpc) is 3.38. The van der Waals surface area contributed by atoms with E-state index in [1.807, 2.05) is 24.3 Å². The summed E-state index contributed by atoms with van der Waals surface area (Å²) in [6.45, 7) is 5.60. The van der Waals surface area contributed by atoms with Crippen molar-refractivity contribution < 1.29 is 31.9 Å². The number of carbonyl (C=O) groups excluding carboxylic acids is 2. The van der Waals surface area contributed by atoms with Crippen molar-refractivity contribution in [3.8, 4) is 5.75 Å². The number of esters is 1. The van der Waals surface area contributed by atoms with Crippen LogP contribution in [0.25, 0.3) is 21.9 Å². The molecule has 2 aromatic heterocycles. The number of piperazine rings is 1. The SMILES string of the molecule is CCCCc1nc2c(N)nc3ccccc3c2n1CCN1CCN(C(=O)CCC(=O)Oc2c(F)c(F)cc(F)c2F)CC1. The molecule has 0 saturated carbocycles. The predicted octanol–water partition coefficient (Wildman–Crippen LogP) is 4.60. The number of hydrogen-bond acceptors (Lipinski definition) is 7. The monoisotopic (exact) mass is 600 g/mol. The van der Waals surface area contributed by atoms with Crippen LogP contribution in [0.4, 0.5) is 23.4 Å². The first-order chi connectivity index (χ1) is 20.7. The summed E-state index contributed by atoms with van der Waals surface area (Å²) in [7, 11) is 0. The van der Waals surface area contributed by atoms with Crippen molar-refractivity contribution in [2.45, 2.75) is 45.6 Å². The minimum atomic E-state index is -1.82. The van der Waals surface area contributed by atoms with Gasteiger partial charge in [0.25, 0.3) is 0 Å². The zero-order valence-electron chi connectivity index (χ0n) is 23.7. The zero-order valence-corrected chi connectivity index (χ0v) is 23.7. The van der Waals surface area contributed by atoms with Gasteiger partial charge in [-0.3, -0.25) is 14.5 Å². The number of carbonyl (C=O) groups is 2. The number of nitrogens with two attached hydrogens (primary N) is 1. The molecule has 9 nitrogen and oxygen atoms in total. The Morgan fingerprint density at radius 3 is 2.35 bits per heavy atom. The number of imidazole rings is 1. The van der Waals surface area contributed by atoms with Crippen molar-refractivity contribution in [3.63, 3.8) is 0 Å². The highest BCUT2D eigenvalue weighted by molar-refractivity contribution is 6.06. The second-order valence-corrected chi connectivity index (χ2v) is 10.5. The largest absolute Gasteiger partial charge is 0.420 e. The van der Waals surface area contributed by atoms with Crippen molar-refractivity contribution in [1.82, 2.24) is 24.3 Å². The normalized spacial score (nSPS) is 14.1. The van der Waals surface area contributed by atoms with E-state index in [2.05, 4.69) is 26.1 Å². The Kier molecular flexibility index (Phi) is 9.09. The van der Waals surface area contributed by atoms with Gasteiger partial charge >= 0.3 is 5.97 Å². The van der Waals surface area contributed by atoms with Gasteiger partial charge in [-0.15, -0.1) is 0 Å². The number of fused-ring (bicyclic) bond motifs is 3.